The van der Waals surface area contributed by atoms with Crippen molar-refractivity contribution in [1.29, 1.82) is 0 Å². The molecular formula is C25H23N3O4V. The van der Waals surface area contributed by atoms with Crippen LogP contribution in [0.5, 0.6) is 5.75 Å². The summed E-state index contributed by atoms with van der Waals surface area (Å²) in [6.45, 7) is 3.82. The number of aliphatic imine (C=N–C) groups is 1. The number of fused-ring (bicyclic) bond motifs is 3. The number of hydrogen-bond acceptors (Lipinski definition) is 6. The number of carbonyl (C=O) groups is 1. The van der Waals surface area contributed by atoms with Crippen LogP contribution in [0.4, 0.5) is 0 Å². The molecule has 33 heavy (non-hydrogen) atoms. The smallest absolute Gasteiger partial charge is 2.00 e. The van der Waals surface area contributed by atoms with E-state index < -0.39 is 12.0 Å². The molecular weight excluding hydrogens is 457 g/mol. The van der Waals surface area contributed by atoms with Crippen molar-refractivity contribution in [3.8, 4) is 5.75 Å². The standard InChI is InChI=1S/C13H17NO3.C12H8N2.O.V/c1-9(2)7-11(13(16)17)14-8-10-5-3-4-6-12(10)15;1-3-9-5-6-10-4-2-8-14-12(10)11(9)13-7-1;;/h3-6,8-9,11,15H,7H2,1-2H3,(H,16,17);1-8H;;/q;;-2;+4/p-2/t11-;;;/m1.../s1. The molecule has 2 heterocycles. The number of pyridine rings is 2. The number of carboxylic acids is 1. The predicted molar refractivity (Wildman–Crippen MR) is 119 cm³/mol. The minimum Gasteiger partial charge on any atom is -2.00 e. The van der Waals surface area contributed by atoms with E-state index in [1.807, 2.05) is 26.0 Å². The summed E-state index contributed by atoms with van der Waals surface area (Å²) in [5.74, 6) is -1.17. The van der Waals surface area contributed by atoms with Crippen molar-refractivity contribution in [2.24, 2.45) is 10.9 Å². The number of carbonyl (C=O) groups excluding carboxylic acids is 1. The first-order chi connectivity index (χ1) is 15.0. The van der Waals surface area contributed by atoms with Crippen molar-refractivity contribution in [1.82, 2.24) is 9.97 Å². The van der Waals surface area contributed by atoms with Crippen LogP contribution in [0.3, 0.4) is 0 Å². The van der Waals surface area contributed by atoms with Crippen molar-refractivity contribution in [2.45, 2.75) is 26.3 Å². The summed E-state index contributed by atoms with van der Waals surface area (Å²) < 4.78 is 0. The SMILES string of the molecule is CC(C)C[C@@H](N=Cc1ccccc1[O-])C(=O)[O-].[O-2].[V+4].c1cnc2c(c1)ccc1cccnc12. The molecule has 0 aliphatic rings. The Morgan fingerprint density at radius 3 is 1.97 bits per heavy atom. The van der Waals surface area contributed by atoms with Crippen molar-refractivity contribution >= 4 is 34.0 Å². The molecule has 1 atom stereocenters. The summed E-state index contributed by atoms with van der Waals surface area (Å²) in [5.41, 5.74) is 2.35. The van der Waals surface area contributed by atoms with Crippen LogP contribution in [-0.4, -0.2) is 28.2 Å². The van der Waals surface area contributed by atoms with Crippen molar-refractivity contribution in [2.75, 3.05) is 0 Å². The molecule has 0 fully saturated rings. The zero-order chi connectivity index (χ0) is 22.2. The Bertz CT molecular complexity index is 1160. The molecule has 4 aromatic rings. The van der Waals surface area contributed by atoms with E-state index in [0.29, 0.717) is 12.0 Å². The van der Waals surface area contributed by atoms with Crippen LogP contribution in [0.15, 0.2) is 78.0 Å². The van der Waals surface area contributed by atoms with Gasteiger partial charge in [-0.05, 0) is 30.0 Å². The molecule has 7 nitrogen and oxygen atoms in total. The molecule has 0 amide bonds. The van der Waals surface area contributed by atoms with Crippen molar-refractivity contribution in [3.63, 3.8) is 0 Å². The minimum atomic E-state index is -1.21. The Hall–Kier alpha value is -3.26. The molecule has 0 unspecified atom stereocenters. The summed E-state index contributed by atoms with van der Waals surface area (Å²) >= 11 is 0. The maximum atomic E-state index is 11.4. The van der Waals surface area contributed by atoms with E-state index in [4.69, 9.17) is 0 Å². The molecule has 0 bridgehead atoms. The van der Waals surface area contributed by atoms with Crippen LogP contribution in [0.2, 0.25) is 0 Å². The topological polar surface area (TPSA) is 130 Å². The summed E-state index contributed by atoms with van der Waals surface area (Å²) in [6, 6.07) is 17.6. The van der Waals surface area contributed by atoms with E-state index in [1.165, 1.54) is 12.3 Å². The van der Waals surface area contributed by atoms with Crippen LogP contribution in [0, 0.1) is 5.92 Å². The Kier molecular flexibility index (Phi) is 11.2. The first-order valence-electron chi connectivity index (χ1n) is 10.0. The van der Waals surface area contributed by atoms with E-state index in [9.17, 15) is 15.0 Å². The number of benzene rings is 2. The number of carboxylic acid groups (broad SMARTS) is 1. The third-order valence-electron chi connectivity index (χ3n) is 4.62. The van der Waals surface area contributed by atoms with Gasteiger partial charge in [0.15, 0.2) is 0 Å². The number of para-hydroxylation sites is 1. The molecule has 0 aliphatic carbocycles. The molecule has 0 N–H and O–H groups in total. The third kappa shape index (κ3) is 7.68. The molecule has 0 spiro atoms. The van der Waals surface area contributed by atoms with Gasteiger partial charge in [-0.2, -0.15) is 0 Å². The van der Waals surface area contributed by atoms with Gasteiger partial charge in [0.05, 0.1) is 23.0 Å². The maximum Gasteiger partial charge on any atom is 4.00 e. The second-order valence-electron chi connectivity index (χ2n) is 7.50. The summed E-state index contributed by atoms with van der Waals surface area (Å²) in [6.07, 6.45) is 5.32. The Labute approximate surface area is 204 Å². The molecule has 0 aliphatic heterocycles. The van der Waals surface area contributed by atoms with E-state index in [1.54, 1.807) is 30.6 Å². The van der Waals surface area contributed by atoms with Crippen molar-refractivity contribution < 1.29 is 39.0 Å². The average molecular weight is 480 g/mol. The van der Waals surface area contributed by atoms with Gasteiger partial charge in [0.25, 0.3) is 0 Å². The van der Waals surface area contributed by atoms with Crippen LogP contribution in [0.25, 0.3) is 21.8 Å². The fourth-order valence-electron chi connectivity index (χ4n) is 3.10. The first-order valence-corrected chi connectivity index (χ1v) is 10.0. The molecule has 0 saturated heterocycles. The molecule has 0 saturated carbocycles. The average Bonchev–Trinajstić information content (AvgIpc) is 2.77. The monoisotopic (exact) mass is 480 g/mol. The van der Waals surface area contributed by atoms with Gasteiger partial charge in [0.2, 0.25) is 0 Å². The number of nitrogens with zero attached hydrogens (tertiary/aromatic N) is 3. The number of aromatic nitrogens is 2. The van der Waals surface area contributed by atoms with Gasteiger partial charge < -0.3 is 20.5 Å². The quantitative estimate of drug-likeness (QED) is 0.320. The van der Waals surface area contributed by atoms with Crippen molar-refractivity contribution in [3.05, 3.63) is 78.6 Å². The van der Waals surface area contributed by atoms with Gasteiger partial charge in [-0.1, -0.05) is 62.4 Å². The number of aliphatic carboxylic acids is 1. The minimum absolute atomic E-state index is 0. The van der Waals surface area contributed by atoms with Crippen LogP contribution in [0.1, 0.15) is 25.8 Å². The fraction of sp³-hybridized carbons (Fsp3) is 0.200. The van der Waals surface area contributed by atoms with Gasteiger partial charge >= 0.3 is 18.6 Å². The van der Waals surface area contributed by atoms with Gasteiger partial charge in [-0.25, -0.2) is 0 Å². The Morgan fingerprint density at radius 1 is 0.939 bits per heavy atom. The summed E-state index contributed by atoms with van der Waals surface area (Å²) in [5, 5.41) is 24.5. The fourth-order valence-corrected chi connectivity index (χ4v) is 3.10. The molecule has 2 aromatic heterocycles. The van der Waals surface area contributed by atoms with E-state index in [2.05, 4.69) is 39.2 Å². The van der Waals surface area contributed by atoms with Gasteiger partial charge in [-0.3, -0.25) is 15.0 Å². The van der Waals surface area contributed by atoms with E-state index >= 15 is 0 Å². The Balaban J connectivity index is 0.000000314. The largest absolute Gasteiger partial charge is 4.00 e. The second kappa shape index (κ2) is 13.3. The van der Waals surface area contributed by atoms with Crippen LogP contribution in [-0.2, 0) is 28.8 Å². The van der Waals surface area contributed by atoms with Crippen LogP contribution < -0.4 is 10.2 Å². The molecule has 8 heteroatoms. The maximum absolute atomic E-state index is 11.4. The molecule has 1 radical (unpaired) electrons. The zero-order valence-electron chi connectivity index (χ0n) is 18.3. The number of hydrogen-bond donors (Lipinski definition) is 0. The second-order valence-corrected chi connectivity index (χ2v) is 7.50. The van der Waals surface area contributed by atoms with Gasteiger partial charge in [0.1, 0.15) is 0 Å². The van der Waals surface area contributed by atoms with Gasteiger partial charge in [0, 0.05) is 29.4 Å². The van der Waals surface area contributed by atoms with E-state index in [-0.39, 0.29) is 35.7 Å². The van der Waals surface area contributed by atoms with Gasteiger partial charge in [-0.15, -0.1) is 5.75 Å². The summed E-state index contributed by atoms with van der Waals surface area (Å²) in [4.78, 5) is 23.4. The molecule has 167 valence electrons. The zero-order valence-corrected chi connectivity index (χ0v) is 19.7. The number of rotatable bonds is 5. The van der Waals surface area contributed by atoms with E-state index in [0.717, 1.165) is 21.8 Å². The Morgan fingerprint density at radius 2 is 1.48 bits per heavy atom. The van der Waals surface area contributed by atoms with Crippen LogP contribution >= 0.6 is 0 Å². The third-order valence-corrected chi connectivity index (χ3v) is 4.62. The molecule has 2 aromatic carbocycles. The molecule has 4 rings (SSSR count). The normalized spacial score (nSPS) is 11.4. The predicted octanol–water partition coefficient (Wildman–Crippen LogP) is 3.01. The summed E-state index contributed by atoms with van der Waals surface area (Å²) in [7, 11) is 0. The first kappa shape index (κ1) is 27.8.